The number of hydrogen-bond acceptors (Lipinski definition) is 2. The fraction of sp³-hybridized carbons (Fsp3) is 0.429. The van der Waals surface area contributed by atoms with Crippen LogP contribution in [0.25, 0.3) is 0 Å². The molecule has 0 fully saturated rings. The first-order chi connectivity index (χ1) is 7.88. The quantitative estimate of drug-likeness (QED) is 0.562. The van der Waals surface area contributed by atoms with Gasteiger partial charge in [0, 0.05) is 0 Å². The van der Waals surface area contributed by atoms with Crippen LogP contribution < -0.4 is 5.32 Å². The zero-order valence-electron chi connectivity index (χ0n) is 10.2. The van der Waals surface area contributed by atoms with Crippen LogP contribution in [0.1, 0.15) is 18.1 Å². The van der Waals surface area contributed by atoms with Gasteiger partial charge in [-0.05, 0) is 38.1 Å². The van der Waals surface area contributed by atoms with Crippen molar-refractivity contribution in [3.05, 3.63) is 47.5 Å². The van der Waals surface area contributed by atoms with Gasteiger partial charge >= 0.3 is 0 Å². The van der Waals surface area contributed by atoms with Crippen molar-refractivity contribution in [2.75, 3.05) is 20.2 Å². The Morgan fingerprint density at radius 2 is 2.00 bits per heavy atom. The molecule has 0 unspecified atom stereocenters. The Bertz CT molecular complexity index is 320. The molecule has 0 saturated heterocycles. The van der Waals surface area contributed by atoms with E-state index in [2.05, 4.69) is 29.6 Å². The lowest BCUT2D eigenvalue weighted by atomic mass is 10.1. The monoisotopic (exact) mass is 219 g/mol. The summed E-state index contributed by atoms with van der Waals surface area (Å²) in [4.78, 5) is 0. The second-order valence-electron chi connectivity index (χ2n) is 3.71. The third kappa shape index (κ3) is 4.60. The van der Waals surface area contributed by atoms with Gasteiger partial charge in [-0.2, -0.15) is 0 Å². The molecule has 0 heterocycles. The average molecular weight is 219 g/mol. The Balaban J connectivity index is 2.49. The van der Waals surface area contributed by atoms with Crippen LogP contribution in [0, 0.1) is 0 Å². The van der Waals surface area contributed by atoms with E-state index in [0.717, 1.165) is 13.0 Å². The summed E-state index contributed by atoms with van der Waals surface area (Å²) >= 11 is 0. The molecule has 0 bridgehead atoms. The van der Waals surface area contributed by atoms with E-state index in [1.807, 2.05) is 26.1 Å². The summed E-state index contributed by atoms with van der Waals surface area (Å²) in [6.07, 6.45) is 5.09. The van der Waals surface area contributed by atoms with Gasteiger partial charge in [-0.1, -0.05) is 36.4 Å². The van der Waals surface area contributed by atoms with E-state index >= 15 is 0 Å². The number of hydrogen-bond donors (Lipinski definition) is 1. The molecule has 0 aliphatic carbocycles. The molecule has 1 rings (SSSR count). The van der Waals surface area contributed by atoms with E-state index in [-0.39, 0.29) is 0 Å². The van der Waals surface area contributed by atoms with E-state index in [9.17, 15) is 0 Å². The summed E-state index contributed by atoms with van der Waals surface area (Å²) in [5.41, 5.74) is 2.67. The van der Waals surface area contributed by atoms with Crippen molar-refractivity contribution in [1.82, 2.24) is 5.32 Å². The van der Waals surface area contributed by atoms with Crippen molar-refractivity contribution >= 4 is 0 Å². The largest absolute Gasteiger partial charge is 0.373 e. The third-order valence-corrected chi connectivity index (χ3v) is 2.47. The topological polar surface area (TPSA) is 21.3 Å². The summed E-state index contributed by atoms with van der Waals surface area (Å²) in [6.45, 7) is 4.40. The van der Waals surface area contributed by atoms with Gasteiger partial charge in [0.15, 0.2) is 0 Å². The minimum absolute atomic E-state index is 0.691. The second-order valence-corrected chi connectivity index (χ2v) is 3.71. The van der Waals surface area contributed by atoms with Crippen molar-refractivity contribution in [2.45, 2.75) is 20.0 Å². The lowest BCUT2D eigenvalue weighted by Gasteiger charge is -2.09. The molecule has 0 radical (unpaired) electrons. The van der Waals surface area contributed by atoms with Crippen LogP contribution in [-0.4, -0.2) is 20.2 Å². The Morgan fingerprint density at radius 3 is 2.69 bits per heavy atom. The van der Waals surface area contributed by atoms with E-state index in [1.165, 1.54) is 11.1 Å². The highest BCUT2D eigenvalue weighted by atomic mass is 16.5. The van der Waals surface area contributed by atoms with Gasteiger partial charge in [0.25, 0.3) is 0 Å². The summed E-state index contributed by atoms with van der Waals surface area (Å²) in [7, 11) is 1.98. The fourth-order valence-electron chi connectivity index (χ4n) is 1.54. The molecule has 0 spiro atoms. The second kappa shape index (κ2) is 8.08. The molecular weight excluding hydrogens is 198 g/mol. The van der Waals surface area contributed by atoms with E-state index in [4.69, 9.17) is 4.74 Å². The van der Waals surface area contributed by atoms with Crippen molar-refractivity contribution < 1.29 is 4.74 Å². The van der Waals surface area contributed by atoms with Gasteiger partial charge in [0.1, 0.15) is 0 Å². The maximum Gasteiger partial charge on any atom is 0.0723 e. The van der Waals surface area contributed by atoms with E-state index < -0.39 is 0 Å². The third-order valence-electron chi connectivity index (χ3n) is 2.47. The Labute approximate surface area is 98.3 Å². The van der Waals surface area contributed by atoms with E-state index in [0.29, 0.717) is 13.2 Å². The lowest BCUT2D eigenvalue weighted by molar-refractivity contribution is 0.148. The van der Waals surface area contributed by atoms with Gasteiger partial charge in [-0.15, -0.1) is 0 Å². The zero-order valence-corrected chi connectivity index (χ0v) is 10.2. The van der Waals surface area contributed by atoms with Crippen LogP contribution in [0.3, 0.4) is 0 Å². The van der Waals surface area contributed by atoms with Gasteiger partial charge in [-0.3, -0.25) is 0 Å². The first-order valence-electron chi connectivity index (χ1n) is 5.78. The molecular formula is C14H21NO. The lowest BCUT2D eigenvalue weighted by Crippen LogP contribution is -2.11. The highest BCUT2D eigenvalue weighted by Gasteiger charge is 2.00. The molecule has 0 atom stereocenters. The van der Waals surface area contributed by atoms with Crippen molar-refractivity contribution in [3.8, 4) is 0 Å². The number of nitrogens with one attached hydrogen (secondary N) is 1. The predicted octanol–water partition coefficient (Wildman–Crippen LogP) is 2.54. The average Bonchev–Trinajstić information content (AvgIpc) is 2.33. The molecule has 2 nitrogen and oxygen atoms in total. The standard InChI is InChI=1S/C14H21NO/c1-3-4-11-16-12-14-8-6-5-7-13(14)9-10-15-2/h3-8,15H,9-12H2,1-2H3/b4-3+. The molecule has 0 amide bonds. The summed E-state index contributed by atoms with van der Waals surface area (Å²) in [5.74, 6) is 0. The van der Waals surface area contributed by atoms with E-state index in [1.54, 1.807) is 0 Å². The van der Waals surface area contributed by atoms with Crippen LogP contribution in [-0.2, 0) is 17.8 Å². The molecule has 0 aliphatic rings. The molecule has 1 aromatic rings. The maximum absolute atomic E-state index is 5.57. The first-order valence-corrected chi connectivity index (χ1v) is 5.78. The van der Waals surface area contributed by atoms with Crippen LogP contribution in [0.5, 0.6) is 0 Å². The minimum Gasteiger partial charge on any atom is -0.373 e. The van der Waals surface area contributed by atoms with Crippen LogP contribution in [0.2, 0.25) is 0 Å². The maximum atomic E-state index is 5.57. The zero-order chi connectivity index (χ0) is 11.6. The number of likely N-dealkylation sites (N-methyl/N-ethyl adjacent to an activating group) is 1. The molecule has 0 aliphatic heterocycles. The van der Waals surface area contributed by atoms with Crippen molar-refractivity contribution in [2.24, 2.45) is 0 Å². The molecule has 2 heteroatoms. The predicted molar refractivity (Wildman–Crippen MR) is 68.5 cm³/mol. The molecule has 0 aromatic heterocycles. The van der Waals surface area contributed by atoms with Crippen molar-refractivity contribution in [3.63, 3.8) is 0 Å². The number of benzene rings is 1. The fourth-order valence-corrected chi connectivity index (χ4v) is 1.54. The molecule has 1 aromatic carbocycles. The first kappa shape index (κ1) is 12.9. The van der Waals surface area contributed by atoms with Gasteiger partial charge in [0.05, 0.1) is 13.2 Å². The van der Waals surface area contributed by atoms with Crippen molar-refractivity contribution in [1.29, 1.82) is 0 Å². The smallest absolute Gasteiger partial charge is 0.0723 e. The molecule has 1 N–H and O–H groups in total. The Morgan fingerprint density at radius 1 is 1.25 bits per heavy atom. The van der Waals surface area contributed by atoms with Gasteiger partial charge in [0.2, 0.25) is 0 Å². The Kier molecular flexibility index (Phi) is 6.54. The number of ether oxygens (including phenoxy) is 1. The van der Waals surface area contributed by atoms with Crippen LogP contribution >= 0.6 is 0 Å². The number of allylic oxidation sites excluding steroid dienone is 1. The highest BCUT2D eigenvalue weighted by Crippen LogP contribution is 2.10. The Hall–Kier alpha value is -1.12. The summed E-state index contributed by atoms with van der Waals surface area (Å²) < 4.78 is 5.57. The normalized spacial score (nSPS) is 11.1. The molecule has 0 saturated carbocycles. The highest BCUT2D eigenvalue weighted by molar-refractivity contribution is 5.26. The van der Waals surface area contributed by atoms with Crippen LogP contribution in [0.15, 0.2) is 36.4 Å². The summed E-state index contributed by atoms with van der Waals surface area (Å²) in [6, 6.07) is 8.46. The number of rotatable bonds is 7. The van der Waals surface area contributed by atoms with Crippen LogP contribution in [0.4, 0.5) is 0 Å². The molecule has 88 valence electrons. The minimum atomic E-state index is 0.691. The van der Waals surface area contributed by atoms with Gasteiger partial charge < -0.3 is 10.1 Å². The van der Waals surface area contributed by atoms with Gasteiger partial charge in [-0.25, -0.2) is 0 Å². The summed E-state index contributed by atoms with van der Waals surface area (Å²) in [5, 5.41) is 3.17. The SMILES string of the molecule is C/C=C/COCc1ccccc1CCNC. The molecule has 16 heavy (non-hydrogen) atoms.